The molecule has 0 amide bonds. The van der Waals surface area contributed by atoms with Crippen LogP contribution in [0.25, 0.3) is 0 Å². The number of hydrogen-bond donors (Lipinski definition) is 0. The Morgan fingerprint density at radius 1 is 0.778 bits per heavy atom. The van der Waals surface area contributed by atoms with E-state index < -0.39 is 0 Å². The smallest absolute Gasteiger partial charge is 0 e. The maximum Gasteiger partial charge on any atom is 0 e. The minimum Gasteiger partial charge on any atom is -0.0845 e. The van der Waals surface area contributed by atoms with Crippen molar-refractivity contribution in [3.8, 4) is 0 Å². The minimum atomic E-state index is 0. The second kappa shape index (κ2) is 6.25. The summed E-state index contributed by atoms with van der Waals surface area (Å²) in [7, 11) is 0. The second-order valence-electron chi connectivity index (χ2n) is 2.14. The molecule has 9 heavy (non-hydrogen) atoms. The average molecular weight is 300 g/mol. The normalized spacial score (nSPS) is 24.9. The van der Waals surface area contributed by atoms with Crippen molar-refractivity contribution < 1.29 is 20.1 Å². The van der Waals surface area contributed by atoms with Crippen molar-refractivity contribution in [3.05, 3.63) is 24.3 Å². The molecule has 1 aliphatic carbocycles. The van der Waals surface area contributed by atoms with Crippen LogP contribution in [0.1, 0.15) is 25.7 Å². The van der Waals surface area contributed by atoms with Crippen LogP contribution in [-0.4, -0.2) is 0 Å². The van der Waals surface area contributed by atoms with Crippen molar-refractivity contribution in [2.24, 2.45) is 0 Å². The molecule has 0 saturated heterocycles. The SMILES string of the molecule is C1=C\CCCC\C=C/1.[Ir]. The van der Waals surface area contributed by atoms with Crippen molar-refractivity contribution in [2.45, 2.75) is 25.7 Å². The molecule has 0 aliphatic heterocycles. The molecule has 0 N–H and O–H groups in total. The Kier molecular flexibility index (Phi) is 6.34. The number of hydrogen-bond acceptors (Lipinski definition) is 0. The third kappa shape index (κ3) is 4.62. The van der Waals surface area contributed by atoms with E-state index in [1.54, 1.807) is 0 Å². The van der Waals surface area contributed by atoms with Gasteiger partial charge >= 0.3 is 0 Å². The molecular formula is C8H12Ir. The molecule has 0 bridgehead atoms. The first-order valence-electron chi connectivity index (χ1n) is 3.32. The van der Waals surface area contributed by atoms with E-state index in [1.165, 1.54) is 25.7 Å². The summed E-state index contributed by atoms with van der Waals surface area (Å²) in [5.41, 5.74) is 0. The third-order valence-corrected chi connectivity index (χ3v) is 1.37. The average Bonchev–Trinajstić information content (AvgIpc) is 1.62. The van der Waals surface area contributed by atoms with E-state index in [1.807, 2.05) is 0 Å². The van der Waals surface area contributed by atoms with E-state index in [-0.39, 0.29) is 20.1 Å². The van der Waals surface area contributed by atoms with E-state index in [9.17, 15) is 0 Å². The molecule has 0 atom stereocenters. The molecule has 1 radical (unpaired) electrons. The van der Waals surface area contributed by atoms with Gasteiger partial charge in [0.2, 0.25) is 0 Å². The second-order valence-corrected chi connectivity index (χ2v) is 2.14. The van der Waals surface area contributed by atoms with E-state index in [0.717, 1.165) is 0 Å². The minimum absolute atomic E-state index is 0. The van der Waals surface area contributed by atoms with E-state index in [4.69, 9.17) is 0 Å². The first kappa shape index (κ1) is 9.13. The number of rotatable bonds is 0. The molecule has 0 heterocycles. The molecule has 1 heteroatoms. The Balaban J connectivity index is 0.000000640. The molecule has 0 fully saturated rings. The predicted molar refractivity (Wildman–Crippen MR) is 36.7 cm³/mol. The van der Waals surface area contributed by atoms with Gasteiger partial charge in [0.1, 0.15) is 0 Å². The van der Waals surface area contributed by atoms with Crippen LogP contribution in [0.15, 0.2) is 24.3 Å². The monoisotopic (exact) mass is 301 g/mol. The van der Waals surface area contributed by atoms with Crippen LogP contribution in [0.5, 0.6) is 0 Å². The molecular weight excluding hydrogens is 288 g/mol. The van der Waals surface area contributed by atoms with Crippen molar-refractivity contribution in [2.75, 3.05) is 0 Å². The molecule has 0 aromatic rings. The fourth-order valence-electron chi connectivity index (χ4n) is 0.874. The summed E-state index contributed by atoms with van der Waals surface area (Å²) < 4.78 is 0. The Labute approximate surface area is 70.4 Å². The van der Waals surface area contributed by atoms with E-state index in [0.29, 0.717) is 0 Å². The van der Waals surface area contributed by atoms with Crippen LogP contribution in [0.3, 0.4) is 0 Å². The maximum atomic E-state index is 2.23. The standard InChI is InChI=1S/C8H12.Ir/c1-2-4-6-8-7-5-3-1;/h1-4H,5-8H2;/b3-1-,4-2-;. The topological polar surface area (TPSA) is 0 Å². The Bertz CT molecular complexity index is 89.1. The third-order valence-electron chi connectivity index (χ3n) is 1.37. The molecule has 53 valence electrons. The molecule has 1 rings (SSSR count). The maximum absolute atomic E-state index is 2.23. The van der Waals surface area contributed by atoms with Gasteiger partial charge in [-0.25, -0.2) is 0 Å². The van der Waals surface area contributed by atoms with Crippen molar-refractivity contribution in [1.29, 1.82) is 0 Å². The first-order chi connectivity index (χ1) is 4.00. The van der Waals surface area contributed by atoms with Gasteiger partial charge in [0.05, 0.1) is 0 Å². The van der Waals surface area contributed by atoms with Gasteiger partial charge in [-0.3, -0.25) is 0 Å². The van der Waals surface area contributed by atoms with Crippen molar-refractivity contribution in [3.63, 3.8) is 0 Å². The zero-order valence-electron chi connectivity index (χ0n) is 5.47. The zero-order valence-corrected chi connectivity index (χ0v) is 7.87. The van der Waals surface area contributed by atoms with Gasteiger partial charge < -0.3 is 0 Å². The predicted octanol–water partition coefficient (Wildman–Crippen LogP) is 2.67. The van der Waals surface area contributed by atoms with Crippen molar-refractivity contribution >= 4 is 0 Å². The van der Waals surface area contributed by atoms with Crippen LogP contribution in [0.4, 0.5) is 0 Å². The van der Waals surface area contributed by atoms with Gasteiger partial charge in [-0.1, -0.05) is 24.3 Å². The van der Waals surface area contributed by atoms with Crippen LogP contribution < -0.4 is 0 Å². The van der Waals surface area contributed by atoms with Crippen LogP contribution >= 0.6 is 0 Å². The summed E-state index contributed by atoms with van der Waals surface area (Å²) in [6.07, 6.45) is 14.0. The van der Waals surface area contributed by atoms with Gasteiger partial charge in [-0.2, -0.15) is 0 Å². The van der Waals surface area contributed by atoms with Crippen LogP contribution in [0, 0.1) is 0 Å². The summed E-state index contributed by atoms with van der Waals surface area (Å²) >= 11 is 0. The number of allylic oxidation sites excluding steroid dienone is 4. The first-order valence-corrected chi connectivity index (χ1v) is 3.32. The van der Waals surface area contributed by atoms with Gasteiger partial charge in [-0.15, -0.1) is 0 Å². The quantitative estimate of drug-likeness (QED) is 0.645. The van der Waals surface area contributed by atoms with Crippen LogP contribution in [-0.2, 0) is 20.1 Å². The van der Waals surface area contributed by atoms with Crippen LogP contribution in [0.2, 0.25) is 0 Å². The Morgan fingerprint density at radius 2 is 1.22 bits per heavy atom. The van der Waals surface area contributed by atoms with Gasteiger partial charge in [-0.05, 0) is 25.7 Å². The molecule has 0 unspecified atom stereocenters. The Morgan fingerprint density at radius 3 is 1.67 bits per heavy atom. The van der Waals surface area contributed by atoms with Gasteiger partial charge in [0, 0.05) is 20.1 Å². The van der Waals surface area contributed by atoms with E-state index in [2.05, 4.69) is 24.3 Å². The fraction of sp³-hybridized carbons (Fsp3) is 0.500. The largest absolute Gasteiger partial charge is 0.0845 e. The summed E-state index contributed by atoms with van der Waals surface area (Å²) in [4.78, 5) is 0. The zero-order chi connectivity index (χ0) is 5.66. The van der Waals surface area contributed by atoms with Gasteiger partial charge in [0.25, 0.3) is 0 Å². The fourth-order valence-corrected chi connectivity index (χ4v) is 0.874. The van der Waals surface area contributed by atoms with E-state index >= 15 is 0 Å². The molecule has 0 nitrogen and oxygen atoms in total. The Hall–Kier alpha value is 0.129. The molecule has 1 aliphatic rings. The summed E-state index contributed by atoms with van der Waals surface area (Å²) in [6, 6.07) is 0. The van der Waals surface area contributed by atoms with Crippen molar-refractivity contribution in [1.82, 2.24) is 0 Å². The molecule has 0 spiro atoms. The molecule has 0 aromatic heterocycles. The molecule has 0 aromatic carbocycles. The van der Waals surface area contributed by atoms with Gasteiger partial charge in [0.15, 0.2) is 0 Å². The summed E-state index contributed by atoms with van der Waals surface area (Å²) in [5, 5.41) is 0. The molecule has 0 saturated carbocycles. The summed E-state index contributed by atoms with van der Waals surface area (Å²) in [5.74, 6) is 0. The summed E-state index contributed by atoms with van der Waals surface area (Å²) in [6.45, 7) is 0.